The quantitative estimate of drug-likeness (QED) is 0.466. The molecular formula is C9H14O. The van der Waals surface area contributed by atoms with Gasteiger partial charge < -0.3 is 4.74 Å². The number of hydrogen-bond acceptors (Lipinski definition) is 1. The highest BCUT2D eigenvalue weighted by Crippen LogP contribution is 2.36. The first-order chi connectivity index (χ1) is 4.91. The van der Waals surface area contributed by atoms with Crippen LogP contribution in [0.15, 0.2) is 12.2 Å². The van der Waals surface area contributed by atoms with Gasteiger partial charge in [-0.25, -0.2) is 0 Å². The van der Waals surface area contributed by atoms with Gasteiger partial charge in [-0.3, -0.25) is 0 Å². The minimum Gasteiger partial charge on any atom is -0.375 e. The molecule has 0 N–H and O–H groups in total. The molecule has 1 nitrogen and oxygen atoms in total. The van der Waals surface area contributed by atoms with Gasteiger partial charge in [-0.2, -0.15) is 0 Å². The van der Waals surface area contributed by atoms with E-state index in [1.54, 1.807) is 0 Å². The maximum Gasteiger partial charge on any atom is 0.0720 e. The smallest absolute Gasteiger partial charge is 0.0720 e. The third-order valence-corrected chi connectivity index (χ3v) is 2.61. The van der Waals surface area contributed by atoms with E-state index in [4.69, 9.17) is 4.74 Å². The maximum atomic E-state index is 5.73. The van der Waals surface area contributed by atoms with Gasteiger partial charge in [-0.05, 0) is 32.1 Å². The van der Waals surface area contributed by atoms with Crippen LogP contribution in [0.25, 0.3) is 0 Å². The van der Waals surface area contributed by atoms with Crippen molar-refractivity contribution in [2.24, 2.45) is 0 Å². The fourth-order valence-electron chi connectivity index (χ4n) is 1.98. The maximum absolute atomic E-state index is 5.73. The van der Waals surface area contributed by atoms with Crippen molar-refractivity contribution >= 4 is 0 Å². The Morgan fingerprint density at radius 2 is 2.20 bits per heavy atom. The summed E-state index contributed by atoms with van der Waals surface area (Å²) in [6.07, 6.45) is 10.7. The van der Waals surface area contributed by atoms with Crippen LogP contribution in [-0.2, 0) is 4.74 Å². The highest BCUT2D eigenvalue weighted by Gasteiger charge is 2.34. The number of allylic oxidation sites excluding steroid dienone is 1. The molecule has 56 valence electrons. The molecule has 0 bridgehead atoms. The molecule has 0 aromatic carbocycles. The van der Waals surface area contributed by atoms with Gasteiger partial charge in [0, 0.05) is 6.61 Å². The van der Waals surface area contributed by atoms with E-state index in [9.17, 15) is 0 Å². The summed E-state index contributed by atoms with van der Waals surface area (Å²) in [7, 11) is 0. The molecule has 0 saturated carbocycles. The van der Waals surface area contributed by atoms with Gasteiger partial charge in [0.25, 0.3) is 0 Å². The zero-order valence-corrected chi connectivity index (χ0v) is 6.31. The minimum absolute atomic E-state index is 0.286. The summed E-state index contributed by atoms with van der Waals surface area (Å²) < 4.78 is 5.73. The first-order valence-electron chi connectivity index (χ1n) is 4.20. The van der Waals surface area contributed by atoms with Crippen LogP contribution in [0.3, 0.4) is 0 Å². The fourth-order valence-corrected chi connectivity index (χ4v) is 1.98. The Kier molecular flexibility index (Phi) is 1.53. The average Bonchev–Trinajstić information content (AvgIpc) is 2.39. The Labute approximate surface area is 62.1 Å². The molecule has 1 aliphatic heterocycles. The van der Waals surface area contributed by atoms with Gasteiger partial charge in [0.1, 0.15) is 0 Å². The Hall–Kier alpha value is -0.300. The third-order valence-electron chi connectivity index (χ3n) is 2.61. The lowest BCUT2D eigenvalue weighted by Crippen LogP contribution is -2.28. The van der Waals surface area contributed by atoms with Crippen LogP contribution in [0.5, 0.6) is 0 Å². The summed E-state index contributed by atoms with van der Waals surface area (Å²) in [6, 6.07) is 0. The van der Waals surface area contributed by atoms with E-state index in [1.807, 2.05) is 0 Å². The van der Waals surface area contributed by atoms with Crippen molar-refractivity contribution < 1.29 is 4.74 Å². The average molecular weight is 138 g/mol. The van der Waals surface area contributed by atoms with Crippen LogP contribution in [0.4, 0.5) is 0 Å². The molecule has 1 heterocycles. The zero-order valence-electron chi connectivity index (χ0n) is 6.31. The van der Waals surface area contributed by atoms with Crippen LogP contribution >= 0.6 is 0 Å². The van der Waals surface area contributed by atoms with E-state index in [1.165, 1.54) is 25.7 Å². The van der Waals surface area contributed by atoms with Gasteiger partial charge >= 0.3 is 0 Å². The molecule has 1 saturated heterocycles. The first kappa shape index (κ1) is 6.41. The Morgan fingerprint density at radius 1 is 1.20 bits per heavy atom. The van der Waals surface area contributed by atoms with Gasteiger partial charge in [0.2, 0.25) is 0 Å². The second-order valence-electron chi connectivity index (χ2n) is 3.35. The summed E-state index contributed by atoms with van der Waals surface area (Å²) >= 11 is 0. The zero-order chi connectivity index (χ0) is 6.86. The van der Waals surface area contributed by atoms with Gasteiger partial charge in [0.15, 0.2) is 0 Å². The van der Waals surface area contributed by atoms with Crippen molar-refractivity contribution in [3.8, 4) is 0 Å². The summed E-state index contributed by atoms with van der Waals surface area (Å²) in [5.74, 6) is 0. The van der Waals surface area contributed by atoms with E-state index in [2.05, 4.69) is 12.2 Å². The molecule has 1 fully saturated rings. The van der Waals surface area contributed by atoms with Crippen LogP contribution in [0, 0.1) is 0 Å². The minimum atomic E-state index is 0.286. The lowest BCUT2D eigenvalue weighted by atomic mass is 9.87. The van der Waals surface area contributed by atoms with Crippen LogP contribution in [0.1, 0.15) is 32.1 Å². The van der Waals surface area contributed by atoms with Gasteiger partial charge in [-0.1, -0.05) is 12.2 Å². The Balaban J connectivity index is 2.06. The van der Waals surface area contributed by atoms with Crippen molar-refractivity contribution in [2.75, 3.05) is 6.61 Å². The fraction of sp³-hybridized carbons (Fsp3) is 0.778. The predicted molar refractivity (Wildman–Crippen MR) is 40.9 cm³/mol. The predicted octanol–water partition coefficient (Wildman–Crippen LogP) is 2.28. The van der Waals surface area contributed by atoms with Crippen molar-refractivity contribution in [3.63, 3.8) is 0 Å². The second kappa shape index (κ2) is 2.39. The van der Waals surface area contributed by atoms with Crippen LogP contribution in [0.2, 0.25) is 0 Å². The van der Waals surface area contributed by atoms with E-state index in [0.29, 0.717) is 0 Å². The summed E-state index contributed by atoms with van der Waals surface area (Å²) in [4.78, 5) is 0. The molecule has 2 aliphatic rings. The number of hydrogen-bond donors (Lipinski definition) is 0. The van der Waals surface area contributed by atoms with Crippen LogP contribution in [-0.4, -0.2) is 12.2 Å². The summed E-state index contributed by atoms with van der Waals surface area (Å²) in [6.45, 7) is 0.994. The highest BCUT2D eigenvalue weighted by atomic mass is 16.5. The first-order valence-corrected chi connectivity index (χ1v) is 4.20. The molecule has 2 rings (SSSR count). The van der Waals surface area contributed by atoms with Crippen LogP contribution < -0.4 is 0 Å². The molecule has 0 radical (unpaired) electrons. The Bertz CT molecular complexity index is 143. The second-order valence-corrected chi connectivity index (χ2v) is 3.35. The molecule has 1 aliphatic carbocycles. The van der Waals surface area contributed by atoms with E-state index in [0.717, 1.165) is 13.0 Å². The molecule has 1 atom stereocenters. The van der Waals surface area contributed by atoms with Crippen molar-refractivity contribution in [2.45, 2.75) is 37.7 Å². The standard InChI is InChI=1S/C9H14O/c1-2-5-9(6-3-1)7-4-8-10-9/h1-2H,3-8H2. The SMILES string of the molecule is C1=CCC2(CC1)CCCO2. The molecule has 0 amide bonds. The molecule has 1 unspecified atom stereocenters. The summed E-state index contributed by atoms with van der Waals surface area (Å²) in [5.41, 5.74) is 0.286. The van der Waals surface area contributed by atoms with Crippen molar-refractivity contribution in [3.05, 3.63) is 12.2 Å². The third kappa shape index (κ3) is 0.988. The topological polar surface area (TPSA) is 9.23 Å². The van der Waals surface area contributed by atoms with Gasteiger partial charge in [0.05, 0.1) is 5.60 Å². The van der Waals surface area contributed by atoms with E-state index < -0.39 is 0 Å². The normalized spacial score (nSPS) is 39.2. The molecule has 1 heteroatoms. The van der Waals surface area contributed by atoms with Crippen molar-refractivity contribution in [1.82, 2.24) is 0 Å². The number of ether oxygens (including phenoxy) is 1. The lowest BCUT2D eigenvalue weighted by molar-refractivity contribution is -0.00253. The largest absolute Gasteiger partial charge is 0.375 e. The highest BCUT2D eigenvalue weighted by molar-refractivity contribution is 5.00. The molecule has 1 spiro atoms. The summed E-state index contributed by atoms with van der Waals surface area (Å²) in [5, 5.41) is 0. The molecular weight excluding hydrogens is 124 g/mol. The molecule has 0 aromatic rings. The number of rotatable bonds is 0. The van der Waals surface area contributed by atoms with Crippen molar-refractivity contribution in [1.29, 1.82) is 0 Å². The lowest BCUT2D eigenvalue weighted by Gasteiger charge is -2.29. The van der Waals surface area contributed by atoms with Gasteiger partial charge in [-0.15, -0.1) is 0 Å². The Morgan fingerprint density at radius 3 is 2.80 bits per heavy atom. The monoisotopic (exact) mass is 138 g/mol. The van der Waals surface area contributed by atoms with E-state index in [-0.39, 0.29) is 5.60 Å². The van der Waals surface area contributed by atoms with E-state index >= 15 is 0 Å². The molecule has 0 aromatic heterocycles. The molecule has 10 heavy (non-hydrogen) atoms.